The van der Waals surface area contributed by atoms with Crippen LogP contribution in [0.1, 0.15) is 40.3 Å². The second-order valence-electron chi connectivity index (χ2n) is 5.00. The first-order chi connectivity index (χ1) is 10.5. The third-order valence-electron chi connectivity index (χ3n) is 2.82. The largest absolute Gasteiger partial charge is 0.491 e. The smallest absolute Gasteiger partial charge is 0.338 e. The van der Waals surface area contributed by atoms with Gasteiger partial charge in [0.25, 0.3) is 5.91 Å². The summed E-state index contributed by atoms with van der Waals surface area (Å²) in [6.45, 7) is 4.20. The number of nitrogens with one attached hydrogen (secondary N) is 1. The topological polar surface area (TPSA) is 88.8 Å². The van der Waals surface area contributed by atoms with Crippen molar-refractivity contribution in [3.8, 4) is 5.75 Å². The van der Waals surface area contributed by atoms with E-state index in [-0.39, 0.29) is 17.4 Å². The average Bonchev–Trinajstić information content (AvgIpc) is 2.96. The minimum absolute atomic E-state index is 0.0304. The van der Waals surface area contributed by atoms with Gasteiger partial charge in [-0.05, 0) is 31.5 Å². The SMILES string of the molecule is CC(C)Oc1ccc(CNC(=O)c2cc(C(=O)O)co2)cc1. The van der Waals surface area contributed by atoms with Crippen molar-refractivity contribution in [2.24, 2.45) is 0 Å². The maximum atomic E-state index is 11.8. The standard InChI is InChI=1S/C16H17NO5/c1-10(2)22-13-5-3-11(4-6-13)8-17-15(18)14-7-12(9-21-14)16(19)20/h3-7,9-10H,8H2,1-2H3,(H,17,18)(H,19,20). The van der Waals surface area contributed by atoms with Gasteiger partial charge < -0.3 is 19.6 Å². The van der Waals surface area contributed by atoms with Crippen LogP contribution in [0.15, 0.2) is 41.0 Å². The molecule has 0 aliphatic heterocycles. The number of hydrogen-bond acceptors (Lipinski definition) is 4. The van der Waals surface area contributed by atoms with Crippen molar-refractivity contribution in [3.05, 3.63) is 53.5 Å². The summed E-state index contributed by atoms with van der Waals surface area (Å²) in [5, 5.41) is 11.4. The second-order valence-corrected chi connectivity index (χ2v) is 5.00. The van der Waals surface area contributed by atoms with Crippen LogP contribution in [0.25, 0.3) is 0 Å². The van der Waals surface area contributed by atoms with Crippen LogP contribution in [0.4, 0.5) is 0 Å². The summed E-state index contributed by atoms with van der Waals surface area (Å²) < 4.78 is 10.5. The molecule has 1 amide bonds. The van der Waals surface area contributed by atoms with Crippen LogP contribution in [0.3, 0.4) is 0 Å². The van der Waals surface area contributed by atoms with Gasteiger partial charge in [-0.1, -0.05) is 12.1 Å². The Bertz CT molecular complexity index is 657. The molecule has 2 aromatic rings. The Labute approximate surface area is 127 Å². The Morgan fingerprint density at radius 3 is 2.50 bits per heavy atom. The Hall–Kier alpha value is -2.76. The second kappa shape index (κ2) is 6.80. The van der Waals surface area contributed by atoms with E-state index >= 15 is 0 Å². The van der Waals surface area contributed by atoms with Gasteiger partial charge in [-0.25, -0.2) is 4.79 Å². The molecule has 116 valence electrons. The molecule has 0 atom stereocenters. The van der Waals surface area contributed by atoms with Crippen molar-refractivity contribution in [1.82, 2.24) is 5.32 Å². The van der Waals surface area contributed by atoms with Crippen molar-refractivity contribution < 1.29 is 23.8 Å². The predicted octanol–water partition coefficient (Wildman–Crippen LogP) is 2.70. The molecule has 2 rings (SSSR count). The number of carboxylic acids is 1. The number of hydrogen-bond donors (Lipinski definition) is 2. The molecule has 0 aliphatic carbocycles. The lowest BCUT2D eigenvalue weighted by Gasteiger charge is -2.10. The van der Waals surface area contributed by atoms with Crippen molar-refractivity contribution in [2.75, 3.05) is 0 Å². The van der Waals surface area contributed by atoms with Crippen LogP contribution in [0.5, 0.6) is 5.75 Å². The summed E-state index contributed by atoms with van der Waals surface area (Å²) in [7, 11) is 0. The van der Waals surface area contributed by atoms with E-state index in [9.17, 15) is 9.59 Å². The molecule has 6 nitrogen and oxygen atoms in total. The fraction of sp³-hybridized carbons (Fsp3) is 0.250. The van der Waals surface area contributed by atoms with Crippen LogP contribution >= 0.6 is 0 Å². The van der Waals surface area contributed by atoms with E-state index in [1.54, 1.807) is 0 Å². The summed E-state index contributed by atoms with van der Waals surface area (Å²) in [5.74, 6) is -0.863. The summed E-state index contributed by atoms with van der Waals surface area (Å²) >= 11 is 0. The monoisotopic (exact) mass is 303 g/mol. The van der Waals surface area contributed by atoms with Gasteiger partial charge in [0.05, 0.1) is 11.7 Å². The number of aromatic carboxylic acids is 1. The number of benzene rings is 1. The first-order valence-electron chi connectivity index (χ1n) is 6.81. The number of furan rings is 1. The van der Waals surface area contributed by atoms with Crippen molar-refractivity contribution in [2.45, 2.75) is 26.5 Å². The summed E-state index contributed by atoms with van der Waals surface area (Å²) in [5.41, 5.74) is 0.842. The van der Waals surface area contributed by atoms with Crippen LogP contribution in [0.2, 0.25) is 0 Å². The molecule has 0 spiro atoms. The predicted molar refractivity (Wildman–Crippen MR) is 79.0 cm³/mol. The molecule has 0 saturated heterocycles. The lowest BCUT2D eigenvalue weighted by atomic mass is 10.2. The van der Waals surface area contributed by atoms with E-state index < -0.39 is 11.9 Å². The van der Waals surface area contributed by atoms with Gasteiger partial charge in [-0.15, -0.1) is 0 Å². The van der Waals surface area contributed by atoms with Crippen LogP contribution < -0.4 is 10.1 Å². The van der Waals surface area contributed by atoms with E-state index in [1.165, 1.54) is 6.07 Å². The highest BCUT2D eigenvalue weighted by Gasteiger charge is 2.14. The molecule has 1 heterocycles. The van der Waals surface area contributed by atoms with Crippen LogP contribution in [0, 0.1) is 0 Å². The number of rotatable bonds is 6. The molecule has 0 bridgehead atoms. The maximum Gasteiger partial charge on any atom is 0.338 e. The van der Waals surface area contributed by atoms with Gasteiger partial charge in [0.15, 0.2) is 5.76 Å². The van der Waals surface area contributed by atoms with Crippen LogP contribution in [-0.4, -0.2) is 23.1 Å². The molecule has 6 heteroatoms. The minimum Gasteiger partial charge on any atom is -0.491 e. The normalized spacial score (nSPS) is 10.5. The van der Waals surface area contributed by atoms with E-state index in [2.05, 4.69) is 5.32 Å². The van der Waals surface area contributed by atoms with Crippen molar-refractivity contribution in [3.63, 3.8) is 0 Å². The molecule has 0 radical (unpaired) electrons. The molecule has 2 N–H and O–H groups in total. The zero-order valence-electron chi connectivity index (χ0n) is 12.3. The highest BCUT2D eigenvalue weighted by molar-refractivity contribution is 5.95. The zero-order valence-corrected chi connectivity index (χ0v) is 12.3. The number of carbonyl (C=O) groups is 2. The molecule has 0 saturated carbocycles. The lowest BCUT2D eigenvalue weighted by molar-refractivity contribution is 0.0695. The van der Waals surface area contributed by atoms with E-state index in [0.717, 1.165) is 17.6 Å². The van der Waals surface area contributed by atoms with Gasteiger partial charge >= 0.3 is 5.97 Å². The molecular weight excluding hydrogens is 286 g/mol. The Balaban J connectivity index is 1.91. The fourth-order valence-corrected chi connectivity index (χ4v) is 1.79. The van der Waals surface area contributed by atoms with Crippen molar-refractivity contribution >= 4 is 11.9 Å². The van der Waals surface area contributed by atoms with Gasteiger partial charge in [0, 0.05) is 12.6 Å². The van der Waals surface area contributed by atoms with E-state index in [0.29, 0.717) is 6.54 Å². The quantitative estimate of drug-likeness (QED) is 0.856. The third kappa shape index (κ3) is 4.12. The van der Waals surface area contributed by atoms with Gasteiger partial charge in [0.2, 0.25) is 0 Å². The average molecular weight is 303 g/mol. The van der Waals surface area contributed by atoms with E-state index in [4.69, 9.17) is 14.3 Å². The minimum atomic E-state index is -1.14. The zero-order chi connectivity index (χ0) is 16.1. The molecule has 0 unspecified atom stereocenters. The summed E-state index contributed by atoms with van der Waals surface area (Å²) in [4.78, 5) is 22.6. The molecule has 0 fully saturated rings. The molecule has 1 aromatic carbocycles. The fourth-order valence-electron chi connectivity index (χ4n) is 1.79. The number of carbonyl (C=O) groups excluding carboxylic acids is 1. The maximum absolute atomic E-state index is 11.8. The Kier molecular flexibility index (Phi) is 4.83. The third-order valence-corrected chi connectivity index (χ3v) is 2.82. The van der Waals surface area contributed by atoms with Crippen LogP contribution in [-0.2, 0) is 6.54 Å². The number of ether oxygens (including phenoxy) is 1. The van der Waals surface area contributed by atoms with Gasteiger partial charge in [-0.3, -0.25) is 4.79 Å². The summed E-state index contributed by atoms with van der Waals surface area (Å²) in [6, 6.07) is 8.55. The first kappa shape index (κ1) is 15.6. The highest BCUT2D eigenvalue weighted by Crippen LogP contribution is 2.14. The molecule has 22 heavy (non-hydrogen) atoms. The summed E-state index contributed by atoms with van der Waals surface area (Å²) in [6.07, 6.45) is 1.14. The van der Waals surface area contributed by atoms with Crippen molar-refractivity contribution in [1.29, 1.82) is 0 Å². The van der Waals surface area contributed by atoms with Gasteiger partial charge in [-0.2, -0.15) is 0 Å². The highest BCUT2D eigenvalue weighted by atomic mass is 16.5. The molecular formula is C16H17NO5. The Morgan fingerprint density at radius 1 is 1.27 bits per heavy atom. The lowest BCUT2D eigenvalue weighted by Crippen LogP contribution is -2.22. The number of carboxylic acid groups (broad SMARTS) is 1. The Morgan fingerprint density at radius 2 is 1.95 bits per heavy atom. The molecule has 1 aromatic heterocycles. The van der Waals surface area contributed by atoms with Gasteiger partial charge in [0.1, 0.15) is 12.0 Å². The number of amides is 1. The molecule has 0 aliphatic rings. The first-order valence-corrected chi connectivity index (χ1v) is 6.81. The van der Waals surface area contributed by atoms with E-state index in [1.807, 2.05) is 38.1 Å².